The molecular weight excluding hydrogens is 122 g/mol. The van der Waals surface area contributed by atoms with Crippen molar-refractivity contribution >= 4 is 5.97 Å². The van der Waals surface area contributed by atoms with Crippen molar-refractivity contribution in [2.75, 3.05) is 13.7 Å². The van der Waals surface area contributed by atoms with Gasteiger partial charge in [-0.25, -0.2) is 0 Å². The zero-order valence-corrected chi connectivity index (χ0v) is 5.42. The van der Waals surface area contributed by atoms with Crippen LogP contribution in [0.3, 0.4) is 0 Å². The molecule has 0 unspecified atom stereocenters. The second kappa shape index (κ2) is 5.53. The first-order valence-corrected chi connectivity index (χ1v) is 2.69. The number of nitrogens with two attached hydrogens (primary N) is 1. The first-order valence-electron chi connectivity index (χ1n) is 2.69. The normalized spacial score (nSPS) is 9.11. The van der Waals surface area contributed by atoms with Gasteiger partial charge in [-0.15, -0.1) is 0 Å². The molecule has 0 amide bonds. The van der Waals surface area contributed by atoms with Gasteiger partial charge in [0.05, 0.1) is 0 Å². The van der Waals surface area contributed by atoms with E-state index in [0.717, 1.165) is 0 Å². The number of rotatable bonds is 4. The summed E-state index contributed by atoms with van der Waals surface area (Å²) in [5.41, 5.74) is 0. The van der Waals surface area contributed by atoms with Gasteiger partial charge >= 0.3 is 5.97 Å². The number of hydrogen-bond acceptors (Lipinski definition) is 4. The number of hydrogen-bond donors (Lipinski definition) is 1. The van der Waals surface area contributed by atoms with Crippen LogP contribution >= 0.6 is 0 Å². The van der Waals surface area contributed by atoms with Gasteiger partial charge in [0.1, 0.15) is 0 Å². The Bertz CT molecular complexity index is 84.3. The molecule has 2 N–H and O–H groups in total. The summed E-state index contributed by atoms with van der Waals surface area (Å²) in [5.74, 6) is 4.17. The van der Waals surface area contributed by atoms with E-state index in [0.29, 0.717) is 19.4 Å². The van der Waals surface area contributed by atoms with Crippen LogP contribution in [-0.4, -0.2) is 19.7 Å². The quantitative estimate of drug-likeness (QED) is 0.427. The average Bonchev–Trinajstić information content (AvgIpc) is 1.89. The summed E-state index contributed by atoms with van der Waals surface area (Å²) in [7, 11) is 1.58. The van der Waals surface area contributed by atoms with Crippen LogP contribution in [-0.2, 0) is 14.4 Å². The molecule has 0 aromatic heterocycles. The van der Waals surface area contributed by atoms with E-state index < -0.39 is 5.97 Å². The molecule has 54 valence electrons. The second-order valence-electron chi connectivity index (χ2n) is 1.59. The van der Waals surface area contributed by atoms with Crippen molar-refractivity contribution in [1.29, 1.82) is 0 Å². The SMILES string of the molecule is COCCCC(=O)ON. The first kappa shape index (κ1) is 8.39. The molecule has 4 heteroatoms. The summed E-state index contributed by atoms with van der Waals surface area (Å²) in [4.78, 5) is 14.2. The summed E-state index contributed by atoms with van der Waals surface area (Å²) in [6, 6.07) is 0. The summed E-state index contributed by atoms with van der Waals surface area (Å²) in [5, 5.41) is 0. The summed E-state index contributed by atoms with van der Waals surface area (Å²) < 4.78 is 4.69. The molecule has 0 spiro atoms. The minimum Gasteiger partial charge on any atom is -0.385 e. The van der Waals surface area contributed by atoms with E-state index in [1.54, 1.807) is 7.11 Å². The van der Waals surface area contributed by atoms with Crippen molar-refractivity contribution in [2.45, 2.75) is 12.8 Å². The molecule has 0 heterocycles. The Labute approximate surface area is 53.9 Å². The fourth-order valence-electron chi connectivity index (χ4n) is 0.420. The molecule has 0 bridgehead atoms. The number of carbonyl (C=O) groups is 1. The van der Waals surface area contributed by atoms with Crippen molar-refractivity contribution in [2.24, 2.45) is 5.90 Å². The molecule has 0 fully saturated rings. The fourth-order valence-corrected chi connectivity index (χ4v) is 0.420. The van der Waals surface area contributed by atoms with E-state index in [1.165, 1.54) is 0 Å². The topological polar surface area (TPSA) is 61.5 Å². The van der Waals surface area contributed by atoms with E-state index in [9.17, 15) is 4.79 Å². The van der Waals surface area contributed by atoms with Gasteiger partial charge in [0.15, 0.2) is 0 Å². The predicted octanol–water partition coefficient (Wildman–Crippen LogP) is -0.170. The van der Waals surface area contributed by atoms with Gasteiger partial charge in [-0.2, -0.15) is 5.90 Å². The molecule has 9 heavy (non-hydrogen) atoms. The third-order valence-electron chi connectivity index (χ3n) is 0.861. The lowest BCUT2D eigenvalue weighted by Crippen LogP contribution is -2.10. The lowest BCUT2D eigenvalue weighted by Gasteiger charge is -1.95. The summed E-state index contributed by atoms with van der Waals surface area (Å²) in [6.07, 6.45) is 0.983. The van der Waals surface area contributed by atoms with Gasteiger partial charge in [0.25, 0.3) is 0 Å². The Balaban J connectivity index is 2.97. The molecule has 0 atom stereocenters. The molecule has 4 nitrogen and oxygen atoms in total. The van der Waals surface area contributed by atoms with Gasteiger partial charge < -0.3 is 9.57 Å². The lowest BCUT2D eigenvalue weighted by molar-refractivity contribution is -0.144. The van der Waals surface area contributed by atoms with E-state index in [2.05, 4.69) is 15.5 Å². The highest BCUT2D eigenvalue weighted by Crippen LogP contribution is 1.89. The zero-order chi connectivity index (χ0) is 7.11. The van der Waals surface area contributed by atoms with Crippen molar-refractivity contribution in [1.82, 2.24) is 0 Å². The van der Waals surface area contributed by atoms with Gasteiger partial charge in [0, 0.05) is 20.1 Å². The smallest absolute Gasteiger partial charge is 0.324 e. The minimum absolute atomic E-state index is 0.324. The maximum atomic E-state index is 10.3. The Morgan fingerprint density at radius 1 is 1.67 bits per heavy atom. The predicted molar refractivity (Wildman–Crippen MR) is 31.4 cm³/mol. The van der Waals surface area contributed by atoms with Gasteiger partial charge in [-0.3, -0.25) is 4.79 Å². The van der Waals surface area contributed by atoms with Crippen molar-refractivity contribution in [3.63, 3.8) is 0 Å². The van der Waals surface area contributed by atoms with Crippen LogP contribution in [0, 0.1) is 0 Å². The molecule has 0 aliphatic rings. The molecule has 0 aromatic carbocycles. The highest BCUT2D eigenvalue weighted by molar-refractivity contribution is 5.68. The Hall–Kier alpha value is -0.610. The number of ether oxygens (including phenoxy) is 1. The van der Waals surface area contributed by atoms with E-state index >= 15 is 0 Å². The van der Waals surface area contributed by atoms with Crippen LogP contribution in [0.15, 0.2) is 0 Å². The average molecular weight is 133 g/mol. The van der Waals surface area contributed by atoms with Crippen LogP contribution in [0.2, 0.25) is 0 Å². The monoisotopic (exact) mass is 133 g/mol. The maximum Gasteiger partial charge on any atom is 0.324 e. The molecule has 0 saturated heterocycles. The Kier molecular flexibility index (Phi) is 5.15. The van der Waals surface area contributed by atoms with E-state index in [1.807, 2.05) is 0 Å². The maximum absolute atomic E-state index is 10.3. The van der Waals surface area contributed by atoms with Crippen molar-refractivity contribution in [3.05, 3.63) is 0 Å². The highest BCUT2D eigenvalue weighted by Gasteiger charge is 1.97. The molecular formula is C5H11NO3. The third kappa shape index (κ3) is 5.26. The molecule has 0 aromatic rings. The van der Waals surface area contributed by atoms with Crippen LogP contribution in [0.4, 0.5) is 0 Å². The van der Waals surface area contributed by atoms with Gasteiger partial charge in [-0.05, 0) is 6.42 Å². The number of methoxy groups -OCH3 is 1. The Morgan fingerprint density at radius 3 is 2.78 bits per heavy atom. The van der Waals surface area contributed by atoms with Crippen LogP contribution < -0.4 is 5.90 Å². The Morgan fingerprint density at radius 2 is 2.33 bits per heavy atom. The minimum atomic E-state index is -0.396. The zero-order valence-electron chi connectivity index (χ0n) is 5.42. The molecule has 0 rings (SSSR count). The largest absolute Gasteiger partial charge is 0.385 e. The molecule has 0 aliphatic heterocycles. The lowest BCUT2D eigenvalue weighted by atomic mass is 10.3. The number of carbonyl (C=O) groups excluding carboxylic acids is 1. The summed E-state index contributed by atoms with van der Waals surface area (Å²) >= 11 is 0. The standard InChI is InChI=1S/C5H11NO3/c1-8-4-2-3-5(7)9-6/h2-4,6H2,1H3. The van der Waals surface area contributed by atoms with Crippen molar-refractivity contribution in [3.8, 4) is 0 Å². The van der Waals surface area contributed by atoms with Gasteiger partial charge in [-0.1, -0.05) is 0 Å². The van der Waals surface area contributed by atoms with Crippen LogP contribution in [0.1, 0.15) is 12.8 Å². The van der Waals surface area contributed by atoms with E-state index in [-0.39, 0.29) is 0 Å². The van der Waals surface area contributed by atoms with Crippen LogP contribution in [0.25, 0.3) is 0 Å². The first-order chi connectivity index (χ1) is 4.31. The molecule has 0 aliphatic carbocycles. The summed E-state index contributed by atoms with van der Waals surface area (Å²) in [6.45, 7) is 0.565. The molecule has 0 saturated carbocycles. The van der Waals surface area contributed by atoms with E-state index in [4.69, 9.17) is 0 Å². The van der Waals surface area contributed by atoms with Gasteiger partial charge in [0.2, 0.25) is 0 Å². The third-order valence-corrected chi connectivity index (χ3v) is 0.861. The second-order valence-corrected chi connectivity index (χ2v) is 1.59. The van der Waals surface area contributed by atoms with Crippen LogP contribution in [0.5, 0.6) is 0 Å². The van der Waals surface area contributed by atoms with Crippen molar-refractivity contribution < 1.29 is 14.4 Å². The molecule has 0 radical (unpaired) electrons. The highest BCUT2D eigenvalue weighted by atomic mass is 16.7. The fraction of sp³-hybridized carbons (Fsp3) is 0.800.